The van der Waals surface area contributed by atoms with Gasteiger partial charge in [0.05, 0.1) is 5.38 Å². The van der Waals surface area contributed by atoms with E-state index in [4.69, 9.17) is 16.3 Å². The molecule has 3 rings (SSSR count). The van der Waals surface area contributed by atoms with Gasteiger partial charge in [-0.05, 0) is 33.6 Å². The van der Waals surface area contributed by atoms with Crippen LogP contribution in [0.15, 0.2) is 6.07 Å². The molecule has 7 nitrogen and oxygen atoms in total. The van der Waals surface area contributed by atoms with E-state index in [0.717, 1.165) is 18.5 Å². The Morgan fingerprint density at radius 3 is 2.60 bits per heavy atom. The number of ether oxygens (including phenoxy) is 1. The lowest BCUT2D eigenvalue weighted by molar-refractivity contribution is -0.117. The summed E-state index contributed by atoms with van der Waals surface area (Å²) in [6, 6.07) is 1.93. The molecule has 138 valence electrons. The zero-order valence-corrected chi connectivity index (χ0v) is 15.7. The fourth-order valence-corrected chi connectivity index (χ4v) is 3.53. The second-order valence-corrected chi connectivity index (χ2v) is 8.35. The van der Waals surface area contributed by atoms with Crippen molar-refractivity contribution in [2.75, 3.05) is 24.5 Å². The summed E-state index contributed by atoms with van der Waals surface area (Å²) in [7, 11) is 0. The normalized spacial score (nSPS) is 22.6. The monoisotopic (exact) mass is 368 g/mol. The van der Waals surface area contributed by atoms with Crippen LogP contribution in [0.4, 0.5) is 10.6 Å². The van der Waals surface area contributed by atoms with Gasteiger partial charge in [-0.25, -0.2) is 4.79 Å². The molecule has 8 heteroatoms. The topological polar surface area (TPSA) is 78.5 Å². The van der Waals surface area contributed by atoms with Gasteiger partial charge in [0.15, 0.2) is 5.82 Å². The fourth-order valence-electron chi connectivity index (χ4n) is 3.26. The summed E-state index contributed by atoms with van der Waals surface area (Å²) in [6.45, 7) is 7.42. The number of nitrogens with one attached hydrogen (secondary N) is 1. The zero-order valence-electron chi connectivity index (χ0n) is 14.9. The quantitative estimate of drug-likeness (QED) is 0.814. The number of likely N-dealkylation sites (tertiary alicyclic amines) is 1. The maximum atomic E-state index is 12.1. The van der Waals surface area contributed by atoms with Crippen LogP contribution in [0, 0.1) is 0 Å². The number of anilines is 1. The van der Waals surface area contributed by atoms with E-state index >= 15 is 0 Å². The number of alkyl halides is 1. The number of aromatic amines is 1. The number of halogens is 1. The lowest BCUT2D eigenvalue weighted by Gasteiger charge is -2.33. The molecule has 1 atom stereocenters. The second-order valence-electron chi connectivity index (χ2n) is 7.73. The number of piperidine rings is 1. The van der Waals surface area contributed by atoms with Crippen molar-refractivity contribution in [2.24, 2.45) is 0 Å². The van der Waals surface area contributed by atoms with E-state index < -0.39 is 5.60 Å². The first-order valence-electron chi connectivity index (χ1n) is 8.70. The highest BCUT2D eigenvalue weighted by Gasteiger charge is 2.32. The van der Waals surface area contributed by atoms with E-state index in [1.165, 1.54) is 0 Å². The number of hydrogen-bond donors (Lipinski definition) is 1. The Hall–Kier alpha value is -1.76. The molecule has 2 saturated heterocycles. The van der Waals surface area contributed by atoms with Crippen LogP contribution in [-0.4, -0.2) is 57.7 Å². The van der Waals surface area contributed by atoms with Gasteiger partial charge in [0.2, 0.25) is 5.91 Å². The molecule has 0 bridgehead atoms. The fraction of sp³-hybridized carbons (Fsp3) is 0.706. The van der Waals surface area contributed by atoms with Gasteiger partial charge in [0.1, 0.15) is 5.60 Å². The number of carbonyl (C=O) groups excluding carboxylic acids is 2. The lowest BCUT2D eigenvalue weighted by atomic mass is 9.94. The minimum absolute atomic E-state index is 0.0118. The first-order chi connectivity index (χ1) is 11.7. The van der Waals surface area contributed by atoms with Gasteiger partial charge >= 0.3 is 6.09 Å². The van der Waals surface area contributed by atoms with Gasteiger partial charge in [-0.15, -0.1) is 11.6 Å². The number of rotatable bonds is 2. The van der Waals surface area contributed by atoms with E-state index in [1.807, 2.05) is 26.8 Å². The highest BCUT2D eigenvalue weighted by Crippen LogP contribution is 2.31. The van der Waals surface area contributed by atoms with Crippen LogP contribution < -0.4 is 4.90 Å². The molecule has 0 saturated carbocycles. The van der Waals surface area contributed by atoms with E-state index in [9.17, 15) is 9.59 Å². The maximum Gasteiger partial charge on any atom is 0.410 e. The van der Waals surface area contributed by atoms with Gasteiger partial charge in [-0.2, -0.15) is 5.10 Å². The van der Waals surface area contributed by atoms with Gasteiger partial charge in [-0.1, -0.05) is 0 Å². The highest BCUT2D eigenvalue weighted by atomic mass is 35.5. The Balaban J connectivity index is 1.57. The smallest absolute Gasteiger partial charge is 0.410 e. The Labute approximate surface area is 152 Å². The average Bonchev–Trinajstić information content (AvgIpc) is 3.12. The summed E-state index contributed by atoms with van der Waals surface area (Å²) in [4.78, 5) is 27.4. The van der Waals surface area contributed by atoms with E-state index in [1.54, 1.807) is 9.80 Å². The number of amides is 2. The van der Waals surface area contributed by atoms with Crippen molar-refractivity contribution in [2.45, 2.75) is 56.9 Å². The van der Waals surface area contributed by atoms with Gasteiger partial charge in [0.25, 0.3) is 0 Å². The SMILES string of the molecule is CC(C)(C)OC(=O)N1CCC(c2cc(N3CC(Cl)CC3=O)n[nH]2)CC1. The molecule has 25 heavy (non-hydrogen) atoms. The number of hydrogen-bond acceptors (Lipinski definition) is 4. The van der Waals surface area contributed by atoms with E-state index in [-0.39, 0.29) is 17.4 Å². The van der Waals surface area contributed by atoms with E-state index in [0.29, 0.717) is 37.8 Å². The predicted octanol–water partition coefficient (Wildman–Crippen LogP) is 2.87. The van der Waals surface area contributed by atoms with Crippen molar-refractivity contribution in [1.29, 1.82) is 0 Å². The largest absolute Gasteiger partial charge is 0.444 e. The van der Waals surface area contributed by atoms with Crippen molar-refractivity contribution in [3.05, 3.63) is 11.8 Å². The first kappa shape index (κ1) is 18.0. The minimum Gasteiger partial charge on any atom is -0.444 e. The number of H-pyrrole nitrogens is 1. The van der Waals surface area contributed by atoms with Crippen molar-refractivity contribution < 1.29 is 14.3 Å². The second kappa shape index (κ2) is 6.86. The molecule has 2 amide bonds. The van der Waals surface area contributed by atoms with Crippen LogP contribution in [0.1, 0.15) is 51.6 Å². The number of carbonyl (C=O) groups is 2. The van der Waals surface area contributed by atoms with E-state index in [2.05, 4.69) is 10.2 Å². The van der Waals surface area contributed by atoms with Crippen LogP contribution in [0.3, 0.4) is 0 Å². The molecule has 0 spiro atoms. The summed E-state index contributed by atoms with van der Waals surface area (Å²) in [5.41, 5.74) is 0.527. The predicted molar refractivity (Wildman–Crippen MR) is 95.0 cm³/mol. The minimum atomic E-state index is -0.477. The first-order valence-corrected chi connectivity index (χ1v) is 9.14. The third-order valence-electron chi connectivity index (χ3n) is 4.53. The molecule has 1 N–H and O–H groups in total. The van der Waals surface area contributed by atoms with Crippen molar-refractivity contribution in [3.8, 4) is 0 Å². The molecular formula is C17H25ClN4O3. The summed E-state index contributed by atoms with van der Waals surface area (Å²) in [5.74, 6) is 0.944. The van der Waals surface area contributed by atoms with Crippen LogP contribution >= 0.6 is 11.6 Å². The van der Waals surface area contributed by atoms with Crippen molar-refractivity contribution >= 4 is 29.4 Å². The molecule has 2 fully saturated rings. The van der Waals surface area contributed by atoms with Gasteiger partial charge in [-0.3, -0.25) is 14.8 Å². The van der Waals surface area contributed by atoms with Crippen LogP contribution in [0.2, 0.25) is 0 Å². The average molecular weight is 369 g/mol. The molecule has 1 aromatic rings. The summed E-state index contributed by atoms with van der Waals surface area (Å²) < 4.78 is 5.42. The Kier molecular flexibility index (Phi) is 4.95. The molecule has 3 heterocycles. The van der Waals surface area contributed by atoms with Crippen LogP contribution in [0.5, 0.6) is 0 Å². The number of nitrogens with zero attached hydrogens (tertiary/aromatic N) is 3. The standard InChI is InChI=1S/C17H25ClN4O3/c1-17(2,3)25-16(24)21-6-4-11(5-7-21)13-9-14(20-19-13)22-10-12(18)8-15(22)23/h9,11-12H,4-8,10H2,1-3H3,(H,19,20). The van der Waals surface area contributed by atoms with Crippen LogP contribution in [0.25, 0.3) is 0 Å². The lowest BCUT2D eigenvalue weighted by Crippen LogP contribution is -2.41. The molecule has 0 aromatic carbocycles. The Morgan fingerprint density at radius 1 is 1.36 bits per heavy atom. The molecule has 2 aliphatic heterocycles. The Bertz CT molecular complexity index is 647. The number of aromatic nitrogens is 2. The van der Waals surface area contributed by atoms with Crippen LogP contribution in [-0.2, 0) is 9.53 Å². The summed E-state index contributed by atoms with van der Waals surface area (Å²) in [6.07, 6.45) is 1.78. The molecule has 1 aromatic heterocycles. The van der Waals surface area contributed by atoms with Crippen molar-refractivity contribution in [1.82, 2.24) is 15.1 Å². The summed E-state index contributed by atoms with van der Waals surface area (Å²) in [5, 5.41) is 7.18. The maximum absolute atomic E-state index is 12.1. The zero-order chi connectivity index (χ0) is 18.2. The van der Waals surface area contributed by atoms with Crippen molar-refractivity contribution in [3.63, 3.8) is 0 Å². The van der Waals surface area contributed by atoms with Gasteiger partial charge in [0, 0.05) is 43.7 Å². The van der Waals surface area contributed by atoms with Gasteiger partial charge < -0.3 is 9.64 Å². The third-order valence-corrected chi connectivity index (χ3v) is 4.82. The Morgan fingerprint density at radius 2 is 2.04 bits per heavy atom. The third kappa shape index (κ3) is 4.26. The molecule has 0 aliphatic carbocycles. The molecule has 2 aliphatic rings. The summed E-state index contributed by atoms with van der Waals surface area (Å²) >= 11 is 6.05. The molecule has 1 unspecified atom stereocenters. The molecule has 0 radical (unpaired) electrons. The highest BCUT2D eigenvalue weighted by molar-refractivity contribution is 6.24. The molecular weight excluding hydrogens is 344 g/mol.